The normalized spacial score (nSPS) is 10.4. The van der Waals surface area contributed by atoms with Crippen LogP contribution in [0.5, 0.6) is 0 Å². The van der Waals surface area contributed by atoms with Crippen molar-refractivity contribution in [1.82, 2.24) is 5.32 Å². The van der Waals surface area contributed by atoms with Crippen LogP contribution in [-0.4, -0.2) is 52.7 Å². The van der Waals surface area contributed by atoms with Gasteiger partial charge in [0.2, 0.25) is 0 Å². The highest BCUT2D eigenvalue weighted by Crippen LogP contribution is 1.87. The molecule has 0 unspecified atom stereocenters. The molecule has 0 aliphatic carbocycles. The summed E-state index contributed by atoms with van der Waals surface area (Å²) in [6.07, 6.45) is 7.37. The van der Waals surface area contributed by atoms with Gasteiger partial charge in [-0.2, -0.15) is 0 Å². The van der Waals surface area contributed by atoms with Crippen LogP contribution in [0.1, 0.15) is 19.8 Å². The lowest BCUT2D eigenvalue weighted by molar-refractivity contribution is 0.0147. The first kappa shape index (κ1) is 16.4. The zero-order chi connectivity index (χ0) is 12.6. The number of unbranched alkanes of at least 4 members (excludes halogenated alkanes) is 1. The Balaban J connectivity index is 2.87. The molecule has 0 rings (SSSR count). The Hall–Kier alpha value is -0.600. The Morgan fingerprint density at radius 3 is 2.12 bits per heavy atom. The summed E-state index contributed by atoms with van der Waals surface area (Å²) < 4.78 is 16.0. The SMILES string of the molecule is C#CCNCCOCCOCCOCCCC. The van der Waals surface area contributed by atoms with Crippen LogP contribution in [0, 0.1) is 12.3 Å². The third-order valence-electron chi connectivity index (χ3n) is 2.04. The second-order valence-corrected chi connectivity index (χ2v) is 3.57. The van der Waals surface area contributed by atoms with Crippen molar-refractivity contribution >= 4 is 0 Å². The van der Waals surface area contributed by atoms with E-state index in [1.54, 1.807) is 0 Å². The maximum atomic E-state index is 5.35. The summed E-state index contributed by atoms with van der Waals surface area (Å²) in [6.45, 7) is 7.56. The molecule has 0 aromatic heterocycles. The van der Waals surface area contributed by atoms with E-state index in [2.05, 4.69) is 18.2 Å². The van der Waals surface area contributed by atoms with Gasteiger partial charge in [-0.3, -0.25) is 0 Å². The molecule has 100 valence electrons. The fourth-order valence-electron chi connectivity index (χ4n) is 1.09. The van der Waals surface area contributed by atoms with Crippen LogP contribution in [0.25, 0.3) is 0 Å². The molecule has 0 heterocycles. The average Bonchev–Trinajstić information content (AvgIpc) is 2.35. The number of hydrogen-bond donors (Lipinski definition) is 1. The maximum absolute atomic E-state index is 5.35. The second kappa shape index (κ2) is 15.4. The van der Waals surface area contributed by atoms with Crippen molar-refractivity contribution in [2.75, 3.05) is 52.7 Å². The summed E-state index contributed by atoms with van der Waals surface area (Å²) in [5.41, 5.74) is 0. The van der Waals surface area contributed by atoms with Gasteiger partial charge in [-0.05, 0) is 6.42 Å². The summed E-state index contributed by atoms with van der Waals surface area (Å²) in [5, 5.41) is 3.04. The molecule has 4 nitrogen and oxygen atoms in total. The van der Waals surface area contributed by atoms with E-state index in [4.69, 9.17) is 20.6 Å². The van der Waals surface area contributed by atoms with Crippen LogP contribution in [0.15, 0.2) is 0 Å². The standard InChI is InChI=1S/C13H25NO3/c1-3-5-8-15-10-12-17-13-11-16-9-7-14-6-4-2/h2,14H,3,5-13H2,1H3. The zero-order valence-electron chi connectivity index (χ0n) is 10.9. The predicted molar refractivity (Wildman–Crippen MR) is 69.1 cm³/mol. The van der Waals surface area contributed by atoms with Crippen molar-refractivity contribution in [3.63, 3.8) is 0 Å². The number of terminal acetylenes is 1. The Morgan fingerprint density at radius 1 is 0.941 bits per heavy atom. The molecule has 0 aromatic rings. The molecular formula is C13H25NO3. The highest BCUT2D eigenvalue weighted by molar-refractivity contribution is 4.86. The van der Waals surface area contributed by atoms with E-state index >= 15 is 0 Å². The molecule has 0 aliphatic rings. The van der Waals surface area contributed by atoms with Gasteiger partial charge >= 0.3 is 0 Å². The minimum atomic E-state index is 0.592. The number of nitrogens with one attached hydrogen (secondary N) is 1. The van der Waals surface area contributed by atoms with Crippen LogP contribution in [-0.2, 0) is 14.2 Å². The molecule has 17 heavy (non-hydrogen) atoms. The predicted octanol–water partition coefficient (Wildman–Crippen LogP) is 1.06. The first-order chi connectivity index (χ1) is 8.41. The highest BCUT2D eigenvalue weighted by atomic mass is 16.5. The van der Waals surface area contributed by atoms with Crippen molar-refractivity contribution in [1.29, 1.82) is 0 Å². The van der Waals surface area contributed by atoms with E-state index in [0.717, 1.165) is 19.6 Å². The molecule has 0 amide bonds. The van der Waals surface area contributed by atoms with Gasteiger partial charge in [0, 0.05) is 13.2 Å². The molecule has 4 heteroatoms. The zero-order valence-corrected chi connectivity index (χ0v) is 10.9. The third kappa shape index (κ3) is 15.4. The van der Waals surface area contributed by atoms with Gasteiger partial charge in [0.05, 0.1) is 39.6 Å². The molecule has 0 bridgehead atoms. The monoisotopic (exact) mass is 243 g/mol. The van der Waals surface area contributed by atoms with Crippen molar-refractivity contribution in [3.05, 3.63) is 0 Å². The van der Waals surface area contributed by atoms with Crippen LogP contribution >= 0.6 is 0 Å². The van der Waals surface area contributed by atoms with E-state index in [1.165, 1.54) is 6.42 Å². The molecule has 0 atom stereocenters. The summed E-state index contributed by atoms with van der Waals surface area (Å²) >= 11 is 0. The average molecular weight is 243 g/mol. The maximum Gasteiger partial charge on any atom is 0.0701 e. The van der Waals surface area contributed by atoms with Crippen molar-refractivity contribution in [3.8, 4) is 12.3 Å². The molecule has 0 fully saturated rings. The second-order valence-electron chi connectivity index (χ2n) is 3.57. The molecule has 0 spiro atoms. The van der Waals surface area contributed by atoms with Gasteiger partial charge in [-0.1, -0.05) is 19.3 Å². The van der Waals surface area contributed by atoms with Gasteiger partial charge in [0.1, 0.15) is 0 Å². The summed E-state index contributed by atoms with van der Waals surface area (Å²) in [4.78, 5) is 0. The van der Waals surface area contributed by atoms with Gasteiger partial charge in [0.15, 0.2) is 0 Å². The molecule has 0 aromatic carbocycles. The molecular weight excluding hydrogens is 218 g/mol. The first-order valence-electron chi connectivity index (χ1n) is 6.29. The van der Waals surface area contributed by atoms with E-state index in [-0.39, 0.29) is 0 Å². The topological polar surface area (TPSA) is 39.7 Å². The van der Waals surface area contributed by atoms with Crippen LogP contribution in [0.4, 0.5) is 0 Å². The summed E-state index contributed by atoms with van der Waals surface area (Å²) in [7, 11) is 0. The largest absolute Gasteiger partial charge is 0.379 e. The fourth-order valence-corrected chi connectivity index (χ4v) is 1.09. The van der Waals surface area contributed by atoms with Crippen molar-refractivity contribution in [2.24, 2.45) is 0 Å². The fraction of sp³-hybridized carbons (Fsp3) is 0.846. The molecule has 0 aliphatic heterocycles. The van der Waals surface area contributed by atoms with Crippen molar-refractivity contribution < 1.29 is 14.2 Å². The van der Waals surface area contributed by atoms with Gasteiger partial charge in [0.25, 0.3) is 0 Å². The Kier molecular flexibility index (Phi) is 14.9. The van der Waals surface area contributed by atoms with E-state index in [9.17, 15) is 0 Å². The lowest BCUT2D eigenvalue weighted by Crippen LogP contribution is -2.21. The summed E-state index contributed by atoms with van der Waals surface area (Å²) in [5.74, 6) is 2.50. The Labute approximate surface area is 105 Å². The van der Waals surface area contributed by atoms with E-state index in [0.29, 0.717) is 39.6 Å². The van der Waals surface area contributed by atoms with Gasteiger partial charge in [-0.25, -0.2) is 0 Å². The summed E-state index contributed by atoms with van der Waals surface area (Å²) in [6, 6.07) is 0. The quantitative estimate of drug-likeness (QED) is 0.388. The lowest BCUT2D eigenvalue weighted by Gasteiger charge is -2.06. The van der Waals surface area contributed by atoms with E-state index in [1.807, 2.05) is 0 Å². The first-order valence-corrected chi connectivity index (χ1v) is 6.29. The number of hydrogen-bond acceptors (Lipinski definition) is 4. The van der Waals surface area contributed by atoms with Gasteiger partial charge < -0.3 is 19.5 Å². The smallest absolute Gasteiger partial charge is 0.0701 e. The highest BCUT2D eigenvalue weighted by Gasteiger charge is 1.91. The van der Waals surface area contributed by atoms with E-state index < -0.39 is 0 Å². The molecule has 0 saturated heterocycles. The molecule has 1 N–H and O–H groups in total. The number of ether oxygens (including phenoxy) is 3. The minimum Gasteiger partial charge on any atom is -0.379 e. The lowest BCUT2D eigenvalue weighted by atomic mass is 10.4. The number of rotatable bonds is 13. The van der Waals surface area contributed by atoms with Crippen molar-refractivity contribution in [2.45, 2.75) is 19.8 Å². The van der Waals surface area contributed by atoms with Crippen LogP contribution in [0.2, 0.25) is 0 Å². The molecule has 0 saturated carbocycles. The Morgan fingerprint density at radius 2 is 1.53 bits per heavy atom. The van der Waals surface area contributed by atoms with Crippen LogP contribution in [0.3, 0.4) is 0 Å². The van der Waals surface area contributed by atoms with Gasteiger partial charge in [-0.15, -0.1) is 6.42 Å². The Bertz CT molecular complexity index is 180. The van der Waals surface area contributed by atoms with Crippen LogP contribution < -0.4 is 5.32 Å². The minimum absolute atomic E-state index is 0.592. The molecule has 0 radical (unpaired) electrons. The third-order valence-corrected chi connectivity index (χ3v) is 2.04.